The minimum atomic E-state index is -1.03. The van der Waals surface area contributed by atoms with Gasteiger partial charge in [0.1, 0.15) is 0 Å². The standard InChI is InChI=1S/C12H11N3O2/c1-15(10-5-3-2-4-6-10)12-13-7-9(8-14-12)11(16)17/h2-8H,1H3,(H,16,17). The molecule has 0 unspecified atom stereocenters. The quantitative estimate of drug-likeness (QED) is 0.871. The van der Waals surface area contributed by atoms with Gasteiger partial charge in [0.15, 0.2) is 0 Å². The fraction of sp³-hybridized carbons (Fsp3) is 0.0833. The molecule has 1 aromatic heterocycles. The summed E-state index contributed by atoms with van der Waals surface area (Å²) < 4.78 is 0. The summed E-state index contributed by atoms with van der Waals surface area (Å²) in [6, 6.07) is 9.60. The summed E-state index contributed by atoms with van der Waals surface area (Å²) in [6.07, 6.45) is 2.59. The SMILES string of the molecule is CN(c1ccccc1)c1ncc(C(=O)O)cn1. The molecule has 5 nitrogen and oxygen atoms in total. The number of para-hydroxylation sites is 1. The van der Waals surface area contributed by atoms with Crippen molar-refractivity contribution in [3.63, 3.8) is 0 Å². The van der Waals surface area contributed by atoms with Crippen LogP contribution in [0.2, 0.25) is 0 Å². The maximum atomic E-state index is 10.7. The highest BCUT2D eigenvalue weighted by molar-refractivity contribution is 5.86. The van der Waals surface area contributed by atoms with Gasteiger partial charge in [-0.2, -0.15) is 0 Å². The summed E-state index contributed by atoms with van der Waals surface area (Å²) in [4.78, 5) is 20.5. The van der Waals surface area contributed by atoms with Crippen LogP contribution >= 0.6 is 0 Å². The van der Waals surface area contributed by atoms with Gasteiger partial charge in [0.05, 0.1) is 5.56 Å². The smallest absolute Gasteiger partial charge is 0.338 e. The van der Waals surface area contributed by atoms with Crippen molar-refractivity contribution in [1.82, 2.24) is 9.97 Å². The Morgan fingerprint density at radius 2 is 1.76 bits per heavy atom. The third kappa shape index (κ3) is 2.39. The largest absolute Gasteiger partial charge is 0.478 e. The predicted octanol–water partition coefficient (Wildman–Crippen LogP) is 1.94. The first-order valence-corrected chi connectivity index (χ1v) is 5.02. The van der Waals surface area contributed by atoms with Crippen molar-refractivity contribution < 1.29 is 9.90 Å². The summed E-state index contributed by atoms with van der Waals surface area (Å²) >= 11 is 0. The van der Waals surface area contributed by atoms with E-state index in [-0.39, 0.29) is 5.56 Å². The van der Waals surface area contributed by atoms with Crippen LogP contribution in [0.5, 0.6) is 0 Å². The Hall–Kier alpha value is -2.43. The highest BCUT2D eigenvalue weighted by Gasteiger charge is 2.08. The molecule has 0 saturated heterocycles. The number of aromatic carboxylic acids is 1. The van der Waals surface area contributed by atoms with Crippen LogP contribution in [-0.4, -0.2) is 28.1 Å². The van der Waals surface area contributed by atoms with Crippen molar-refractivity contribution in [2.45, 2.75) is 0 Å². The molecule has 0 aliphatic rings. The van der Waals surface area contributed by atoms with Crippen molar-refractivity contribution in [3.8, 4) is 0 Å². The lowest BCUT2D eigenvalue weighted by atomic mass is 10.3. The molecule has 5 heteroatoms. The van der Waals surface area contributed by atoms with Gasteiger partial charge in [-0.25, -0.2) is 14.8 Å². The lowest BCUT2D eigenvalue weighted by molar-refractivity contribution is 0.0696. The lowest BCUT2D eigenvalue weighted by Gasteiger charge is -2.16. The van der Waals surface area contributed by atoms with Gasteiger partial charge in [-0.15, -0.1) is 0 Å². The van der Waals surface area contributed by atoms with Gasteiger partial charge < -0.3 is 10.0 Å². The van der Waals surface area contributed by atoms with E-state index in [9.17, 15) is 4.79 Å². The van der Waals surface area contributed by atoms with E-state index in [1.54, 1.807) is 4.90 Å². The molecular weight excluding hydrogens is 218 g/mol. The molecule has 2 rings (SSSR count). The Morgan fingerprint density at radius 3 is 2.29 bits per heavy atom. The zero-order valence-electron chi connectivity index (χ0n) is 9.24. The van der Waals surface area contributed by atoms with Gasteiger partial charge in [0.25, 0.3) is 0 Å². The first-order chi connectivity index (χ1) is 8.18. The molecule has 86 valence electrons. The topological polar surface area (TPSA) is 66.3 Å². The maximum absolute atomic E-state index is 10.7. The number of benzene rings is 1. The summed E-state index contributed by atoms with van der Waals surface area (Å²) in [5.41, 5.74) is 1.02. The van der Waals surface area contributed by atoms with E-state index in [0.29, 0.717) is 5.95 Å². The molecule has 17 heavy (non-hydrogen) atoms. The van der Waals surface area contributed by atoms with Crippen molar-refractivity contribution in [2.24, 2.45) is 0 Å². The van der Waals surface area contributed by atoms with Gasteiger partial charge in [0, 0.05) is 25.1 Å². The number of anilines is 2. The first-order valence-electron chi connectivity index (χ1n) is 5.02. The molecule has 0 aliphatic carbocycles. The van der Waals surface area contributed by atoms with Gasteiger partial charge >= 0.3 is 5.97 Å². The van der Waals surface area contributed by atoms with Crippen molar-refractivity contribution in [2.75, 3.05) is 11.9 Å². The molecule has 0 saturated carbocycles. The number of hydrogen-bond acceptors (Lipinski definition) is 4. The molecule has 0 spiro atoms. The Labute approximate surface area is 98.4 Å². The van der Waals surface area contributed by atoms with Crippen LogP contribution in [0.4, 0.5) is 11.6 Å². The van der Waals surface area contributed by atoms with E-state index in [1.165, 1.54) is 12.4 Å². The van der Waals surface area contributed by atoms with Crippen LogP contribution in [0.3, 0.4) is 0 Å². The van der Waals surface area contributed by atoms with E-state index < -0.39 is 5.97 Å². The molecule has 0 radical (unpaired) electrons. The Morgan fingerprint density at radius 1 is 1.18 bits per heavy atom. The second-order valence-electron chi connectivity index (χ2n) is 3.47. The Kier molecular flexibility index (Phi) is 3.00. The minimum absolute atomic E-state index is 0.0789. The summed E-state index contributed by atoms with van der Waals surface area (Å²) in [6.45, 7) is 0. The second-order valence-corrected chi connectivity index (χ2v) is 3.47. The van der Waals surface area contributed by atoms with Gasteiger partial charge in [-0.3, -0.25) is 0 Å². The molecule has 0 aliphatic heterocycles. The third-order valence-corrected chi connectivity index (χ3v) is 2.33. The van der Waals surface area contributed by atoms with Crippen LogP contribution < -0.4 is 4.90 Å². The van der Waals surface area contributed by atoms with Crippen LogP contribution in [0.15, 0.2) is 42.7 Å². The fourth-order valence-corrected chi connectivity index (χ4v) is 1.37. The summed E-state index contributed by atoms with van der Waals surface area (Å²) in [7, 11) is 1.82. The number of hydrogen-bond donors (Lipinski definition) is 1. The minimum Gasteiger partial charge on any atom is -0.478 e. The van der Waals surface area contributed by atoms with Gasteiger partial charge in [0.2, 0.25) is 5.95 Å². The van der Waals surface area contributed by atoms with Crippen LogP contribution in [0.1, 0.15) is 10.4 Å². The monoisotopic (exact) mass is 229 g/mol. The first kappa shape index (κ1) is 11.1. The van der Waals surface area contributed by atoms with Crippen LogP contribution in [-0.2, 0) is 0 Å². The van der Waals surface area contributed by atoms with E-state index in [1.807, 2.05) is 37.4 Å². The average molecular weight is 229 g/mol. The van der Waals surface area contributed by atoms with Crippen molar-refractivity contribution in [1.29, 1.82) is 0 Å². The number of carbonyl (C=O) groups is 1. The molecule has 0 fully saturated rings. The molecule has 1 heterocycles. The number of rotatable bonds is 3. The Bertz CT molecular complexity index is 511. The average Bonchev–Trinajstić information content (AvgIpc) is 2.39. The van der Waals surface area contributed by atoms with Gasteiger partial charge in [-0.1, -0.05) is 18.2 Å². The molecule has 0 amide bonds. The Balaban J connectivity index is 2.26. The van der Waals surface area contributed by atoms with E-state index in [0.717, 1.165) is 5.69 Å². The van der Waals surface area contributed by atoms with Gasteiger partial charge in [-0.05, 0) is 12.1 Å². The maximum Gasteiger partial charge on any atom is 0.338 e. The van der Waals surface area contributed by atoms with Crippen molar-refractivity contribution >= 4 is 17.6 Å². The highest BCUT2D eigenvalue weighted by Crippen LogP contribution is 2.18. The van der Waals surface area contributed by atoms with Crippen molar-refractivity contribution in [3.05, 3.63) is 48.3 Å². The zero-order chi connectivity index (χ0) is 12.3. The normalized spacial score (nSPS) is 9.94. The van der Waals surface area contributed by atoms with E-state index in [2.05, 4.69) is 9.97 Å². The van der Waals surface area contributed by atoms with Crippen LogP contribution in [0.25, 0.3) is 0 Å². The van der Waals surface area contributed by atoms with Crippen LogP contribution in [0, 0.1) is 0 Å². The molecular formula is C12H11N3O2. The van der Waals surface area contributed by atoms with E-state index >= 15 is 0 Å². The summed E-state index contributed by atoms with van der Waals surface area (Å²) in [5, 5.41) is 8.74. The zero-order valence-corrected chi connectivity index (χ0v) is 9.24. The number of aromatic nitrogens is 2. The summed E-state index contributed by atoms with van der Waals surface area (Å²) in [5.74, 6) is -0.569. The fourth-order valence-electron chi connectivity index (χ4n) is 1.37. The third-order valence-electron chi connectivity index (χ3n) is 2.33. The molecule has 0 atom stereocenters. The molecule has 1 N–H and O–H groups in total. The van der Waals surface area contributed by atoms with E-state index in [4.69, 9.17) is 5.11 Å². The molecule has 2 aromatic rings. The number of carboxylic acids is 1. The number of nitrogens with zero attached hydrogens (tertiary/aromatic N) is 3. The molecule has 1 aromatic carbocycles. The second kappa shape index (κ2) is 4.61. The number of carboxylic acid groups (broad SMARTS) is 1. The predicted molar refractivity (Wildman–Crippen MR) is 63.5 cm³/mol. The highest BCUT2D eigenvalue weighted by atomic mass is 16.4. The molecule has 0 bridgehead atoms. The lowest BCUT2D eigenvalue weighted by Crippen LogP contribution is -2.13.